The van der Waals surface area contributed by atoms with Gasteiger partial charge in [-0.05, 0) is 172 Å². The highest BCUT2D eigenvalue weighted by Gasteiger charge is 2.24. The number of furan rings is 3. The fraction of sp³-hybridized carbons (Fsp3) is 0. The molecule has 0 unspecified atom stereocenters. The zero-order valence-electron chi connectivity index (χ0n) is 51.3. The Labute approximate surface area is 546 Å². The first-order valence-corrected chi connectivity index (χ1v) is 32.4. The second kappa shape index (κ2) is 20.2. The van der Waals surface area contributed by atoms with Gasteiger partial charge in [0.25, 0.3) is 0 Å². The molecule has 0 amide bonds. The lowest BCUT2D eigenvalue weighted by Crippen LogP contribution is -2.10. The lowest BCUT2D eigenvalue weighted by atomic mass is 10.0. The van der Waals surface area contributed by atoms with Gasteiger partial charge in [-0.2, -0.15) is 15.0 Å². The van der Waals surface area contributed by atoms with Crippen molar-refractivity contribution in [3.05, 3.63) is 303 Å². The van der Waals surface area contributed by atoms with Crippen LogP contribution in [0.2, 0.25) is 0 Å². The Morgan fingerprint density at radius 2 is 0.490 bits per heavy atom. The van der Waals surface area contributed by atoms with Gasteiger partial charge < -0.3 is 17.8 Å². The largest absolute Gasteiger partial charge is 0.456 e. The SMILES string of the molecule is c1cc(-c2cccc(-n3c4ccccc4c4cc(-c5ccc6oc7ccccc7c6c5)ccc43)c2)cc(-c2nc(-n3c4ccccc4c4cc(-c5ccc6oc7ccccc7c6c5)ccc43)nc(-n3c4ccccc4c4cc(-c5ccc6oc7ccccc7c6c5)ccc43)n2)c1. The average molecular weight is 1230 g/mol. The summed E-state index contributed by atoms with van der Waals surface area (Å²) in [5, 5.41) is 13.3. The van der Waals surface area contributed by atoms with Crippen molar-refractivity contribution in [1.82, 2.24) is 28.7 Å². The normalized spacial score (nSPS) is 12.2. The molecule has 0 saturated carbocycles. The van der Waals surface area contributed by atoms with Crippen LogP contribution in [-0.4, -0.2) is 28.7 Å². The molecule has 0 spiro atoms. The lowest BCUT2D eigenvalue weighted by molar-refractivity contribution is 0.668. The molecule has 0 atom stereocenters. The van der Waals surface area contributed by atoms with Gasteiger partial charge in [0.2, 0.25) is 11.9 Å². The molecule has 21 rings (SSSR count). The van der Waals surface area contributed by atoms with Gasteiger partial charge in [-0.15, -0.1) is 0 Å². The minimum Gasteiger partial charge on any atom is -0.456 e. The van der Waals surface area contributed by atoms with E-state index in [-0.39, 0.29) is 0 Å². The maximum Gasteiger partial charge on any atom is 0.240 e. The quantitative estimate of drug-likeness (QED) is 0.150. The third kappa shape index (κ3) is 7.95. The Hall–Kier alpha value is -13.1. The van der Waals surface area contributed by atoms with E-state index in [1.54, 1.807) is 0 Å². The maximum absolute atomic E-state index is 6.27. The third-order valence-corrected chi connectivity index (χ3v) is 19.7. The van der Waals surface area contributed by atoms with Crippen molar-refractivity contribution in [1.29, 1.82) is 0 Å². The van der Waals surface area contributed by atoms with Gasteiger partial charge in [0, 0.05) is 75.9 Å². The number of benzene rings is 14. The Kier molecular flexibility index (Phi) is 11.0. The summed E-state index contributed by atoms with van der Waals surface area (Å²) in [6.07, 6.45) is 0. The first kappa shape index (κ1) is 52.5. The van der Waals surface area contributed by atoms with Crippen molar-refractivity contribution in [2.75, 3.05) is 0 Å². The van der Waals surface area contributed by atoms with Crippen molar-refractivity contribution in [3.8, 4) is 73.5 Å². The molecule has 446 valence electrons. The topological polar surface area (TPSA) is 92.9 Å². The van der Waals surface area contributed by atoms with Gasteiger partial charge in [-0.25, -0.2) is 0 Å². The monoisotopic (exact) mass is 1230 g/mol. The molecule has 96 heavy (non-hydrogen) atoms. The van der Waals surface area contributed by atoms with E-state index >= 15 is 0 Å². The smallest absolute Gasteiger partial charge is 0.240 e. The van der Waals surface area contributed by atoms with Crippen molar-refractivity contribution in [2.24, 2.45) is 0 Å². The summed E-state index contributed by atoms with van der Waals surface area (Å²) in [6, 6.07) is 108. The van der Waals surface area contributed by atoms with Crippen LogP contribution in [0.5, 0.6) is 0 Å². The zero-order chi connectivity index (χ0) is 62.7. The summed E-state index contributed by atoms with van der Waals surface area (Å²) in [7, 11) is 0. The molecule has 0 aliphatic heterocycles. The molecule has 0 N–H and O–H groups in total. The summed E-state index contributed by atoms with van der Waals surface area (Å²) < 4.78 is 25.6. The zero-order valence-corrected chi connectivity index (χ0v) is 51.3. The molecule has 0 radical (unpaired) electrons. The van der Waals surface area contributed by atoms with Gasteiger partial charge in [0.05, 0.1) is 33.1 Å². The molecule has 0 bridgehead atoms. The van der Waals surface area contributed by atoms with Gasteiger partial charge in [0.15, 0.2) is 5.82 Å². The van der Waals surface area contributed by atoms with Gasteiger partial charge >= 0.3 is 0 Å². The molecule has 7 aromatic heterocycles. The fourth-order valence-electron chi connectivity index (χ4n) is 15.2. The molecule has 14 aromatic carbocycles. The Bertz CT molecular complexity index is 6620. The number of nitrogens with zero attached hydrogens (tertiary/aromatic N) is 6. The summed E-state index contributed by atoms with van der Waals surface area (Å²) in [6.45, 7) is 0. The highest BCUT2D eigenvalue weighted by molar-refractivity contribution is 6.15. The molecular weight excluding hydrogens is 1180 g/mol. The number of hydrogen-bond donors (Lipinski definition) is 0. The van der Waals surface area contributed by atoms with E-state index in [0.717, 1.165) is 176 Å². The summed E-state index contributed by atoms with van der Waals surface area (Å²) >= 11 is 0. The van der Waals surface area contributed by atoms with Crippen LogP contribution < -0.4 is 0 Å². The van der Waals surface area contributed by atoms with Gasteiger partial charge in [-0.1, -0.05) is 176 Å². The van der Waals surface area contributed by atoms with Crippen LogP contribution in [0.15, 0.2) is 317 Å². The first-order chi connectivity index (χ1) is 47.5. The first-order valence-electron chi connectivity index (χ1n) is 32.4. The van der Waals surface area contributed by atoms with Crippen molar-refractivity contribution >= 4 is 131 Å². The highest BCUT2D eigenvalue weighted by atomic mass is 16.3. The number of fused-ring (bicyclic) bond motifs is 18. The van der Waals surface area contributed by atoms with Crippen LogP contribution in [0.4, 0.5) is 0 Å². The standard InChI is InChI=1S/C87H50N6O3/c1-7-25-73-61(19-1)67-45-53(56-34-40-82-70(48-56)64-22-4-10-28-79(64)94-82)31-37-76(67)91(73)60-18-14-16-52(44-60)51-15-13-17-59(43-51)85-88-86(92-74-26-8-2-20-62(74)68-46-54(32-38-77(68)92)57-35-41-83-71(49-57)65-23-5-11-29-80(65)95-83)90-87(89-85)93-75-27-9-3-21-63(75)69-47-55(33-39-78(69)93)58-36-42-84-72(50-58)66-24-6-12-30-81(66)96-84/h1-50H. The van der Waals surface area contributed by atoms with Crippen LogP contribution in [0.3, 0.4) is 0 Å². The predicted octanol–water partition coefficient (Wildman–Crippen LogP) is 23.2. The molecule has 0 aliphatic rings. The molecule has 21 aromatic rings. The minimum absolute atomic E-state index is 0.501. The number of aromatic nitrogens is 6. The van der Waals surface area contributed by atoms with E-state index < -0.39 is 0 Å². The van der Waals surface area contributed by atoms with Crippen LogP contribution in [0.25, 0.3) is 205 Å². The Morgan fingerprint density at radius 1 is 0.188 bits per heavy atom. The van der Waals surface area contributed by atoms with E-state index in [1.165, 1.54) is 10.8 Å². The highest BCUT2D eigenvalue weighted by Crippen LogP contribution is 2.43. The summed E-state index contributed by atoms with van der Waals surface area (Å²) in [5.41, 5.74) is 22.1. The molecule has 9 nitrogen and oxygen atoms in total. The van der Waals surface area contributed by atoms with Crippen LogP contribution in [0.1, 0.15) is 0 Å². The molecule has 0 fully saturated rings. The molecule has 0 aliphatic carbocycles. The maximum atomic E-state index is 6.27. The van der Waals surface area contributed by atoms with Gasteiger partial charge in [-0.3, -0.25) is 9.13 Å². The minimum atomic E-state index is 0.501. The Morgan fingerprint density at radius 3 is 0.927 bits per heavy atom. The van der Waals surface area contributed by atoms with E-state index in [1.807, 2.05) is 36.4 Å². The van der Waals surface area contributed by atoms with Crippen LogP contribution in [0, 0.1) is 0 Å². The van der Waals surface area contributed by atoms with Crippen molar-refractivity contribution in [3.63, 3.8) is 0 Å². The molecule has 7 heterocycles. The number of hydrogen-bond acceptors (Lipinski definition) is 6. The fourth-order valence-corrected chi connectivity index (χ4v) is 15.2. The number of rotatable bonds is 8. The average Bonchev–Trinajstić information content (AvgIpc) is 1.58. The van der Waals surface area contributed by atoms with E-state index in [4.69, 9.17) is 28.2 Å². The Balaban J connectivity index is 0.722. The second-order valence-electron chi connectivity index (χ2n) is 25.1. The van der Waals surface area contributed by atoms with Crippen LogP contribution >= 0.6 is 0 Å². The van der Waals surface area contributed by atoms with Crippen molar-refractivity contribution in [2.45, 2.75) is 0 Å². The second-order valence-corrected chi connectivity index (χ2v) is 25.1. The van der Waals surface area contributed by atoms with Gasteiger partial charge in [0.1, 0.15) is 33.5 Å². The van der Waals surface area contributed by atoms with Crippen molar-refractivity contribution < 1.29 is 13.3 Å². The van der Waals surface area contributed by atoms with E-state index in [0.29, 0.717) is 17.7 Å². The summed E-state index contributed by atoms with van der Waals surface area (Å²) in [4.78, 5) is 16.7. The molecule has 0 saturated heterocycles. The summed E-state index contributed by atoms with van der Waals surface area (Å²) in [5.74, 6) is 1.54. The number of para-hydroxylation sites is 6. The third-order valence-electron chi connectivity index (χ3n) is 19.7. The lowest BCUT2D eigenvalue weighted by Gasteiger charge is -2.14. The predicted molar refractivity (Wildman–Crippen MR) is 392 cm³/mol. The van der Waals surface area contributed by atoms with E-state index in [9.17, 15) is 0 Å². The molecular formula is C87H50N6O3. The van der Waals surface area contributed by atoms with Crippen LogP contribution in [-0.2, 0) is 0 Å². The molecule has 9 heteroatoms. The van der Waals surface area contributed by atoms with E-state index in [2.05, 4.69) is 281 Å².